The SMILES string of the molecule is CC(C)CN1C(=O)C(CC(=O)NCc2ccc(-c3ccc(C4CCCC4)cc3)cc2)SC1=S. The topological polar surface area (TPSA) is 49.4 Å². The van der Waals surface area contributed by atoms with Gasteiger partial charge >= 0.3 is 0 Å². The average molecular weight is 481 g/mol. The zero-order valence-electron chi connectivity index (χ0n) is 19.4. The lowest BCUT2D eigenvalue weighted by Crippen LogP contribution is -2.36. The van der Waals surface area contributed by atoms with E-state index < -0.39 is 5.25 Å². The van der Waals surface area contributed by atoms with Crippen molar-refractivity contribution in [3.05, 3.63) is 59.7 Å². The number of hydrogen-bond acceptors (Lipinski definition) is 4. The molecule has 1 aliphatic carbocycles. The van der Waals surface area contributed by atoms with E-state index in [0.29, 0.717) is 23.3 Å². The first-order valence-electron chi connectivity index (χ1n) is 11.9. The van der Waals surface area contributed by atoms with Crippen molar-refractivity contribution in [1.82, 2.24) is 10.2 Å². The van der Waals surface area contributed by atoms with E-state index in [1.807, 2.05) is 0 Å². The normalized spacial score (nSPS) is 19.0. The molecule has 33 heavy (non-hydrogen) atoms. The second-order valence-corrected chi connectivity index (χ2v) is 11.3. The lowest BCUT2D eigenvalue weighted by molar-refractivity contribution is -0.129. The van der Waals surface area contributed by atoms with Crippen LogP contribution in [0.2, 0.25) is 0 Å². The number of hydrogen-bond donors (Lipinski definition) is 1. The largest absolute Gasteiger partial charge is 0.352 e. The van der Waals surface area contributed by atoms with E-state index in [0.717, 1.165) is 11.5 Å². The minimum absolute atomic E-state index is 0.0443. The minimum atomic E-state index is -0.411. The summed E-state index contributed by atoms with van der Waals surface area (Å²) in [6.07, 6.45) is 5.49. The summed E-state index contributed by atoms with van der Waals surface area (Å²) in [6.45, 7) is 5.17. The fourth-order valence-corrected chi connectivity index (χ4v) is 6.13. The predicted octanol–water partition coefficient (Wildman–Crippen LogP) is 5.90. The van der Waals surface area contributed by atoms with Crippen LogP contribution in [-0.2, 0) is 16.1 Å². The van der Waals surface area contributed by atoms with E-state index in [2.05, 4.69) is 67.7 Å². The van der Waals surface area contributed by atoms with Crippen molar-refractivity contribution in [1.29, 1.82) is 0 Å². The Balaban J connectivity index is 1.27. The van der Waals surface area contributed by atoms with Crippen molar-refractivity contribution < 1.29 is 9.59 Å². The highest BCUT2D eigenvalue weighted by molar-refractivity contribution is 8.24. The highest BCUT2D eigenvalue weighted by Gasteiger charge is 2.38. The van der Waals surface area contributed by atoms with Crippen LogP contribution in [0.4, 0.5) is 0 Å². The van der Waals surface area contributed by atoms with Crippen LogP contribution in [-0.4, -0.2) is 32.8 Å². The van der Waals surface area contributed by atoms with Crippen LogP contribution in [0.3, 0.4) is 0 Å². The summed E-state index contributed by atoms with van der Waals surface area (Å²) in [7, 11) is 0. The third-order valence-corrected chi connectivity index (χ3v) is 8.02. The van der Waals surface area contributed by atoms with Gasteiger partial charge in [0.05, 0.1) is 5.25 Å². The molecule has 2 aliphatic rings. The van der Waals surface area contributed by atoms with Gasteiger partial charge in [-0.05, 0) is 46.9 Å². The van der Waals surface area contributed by atoms with Gasteiger partial charge in [0.2, 0.25) is 11.8 Å². The Morgan fingerprint density at radius 3 is 2.27 bits per heavy atom. The molecule has 1 unspecified atom stereocenters. The number of thioether (sulfide) groups is 1. The minimum Gasteiger partial charge on any atom is -0.352 e. The summed E-state index contributed by atoms with van der Waals surface area (Å²) >= 11 is 6.66. The molecule has 2 amide bonds. The Bertz CT molecular complexity index is 996. The van der Waals surface area contributed by atoms with Gasteiger partial charge in [0.15, 0.2) is 0 Å². The maximum Gasteiger partial charge on any atom is 0.242 e. The van der Waals surface area contributed by atoms with Crippen LogP contribution in [0.15, 0.2) is 48.5 Å². The number of carbonyl (C=O) groups is 2. The van der Waals surface area contributed by atoms with Gasteiger partial charge in [0.25, 0.3) is 0 Å². The summed E-state index contributed by atoms with van der Waals surface area (Å²) in [6, 6.07) is 17.3. The van der Waals surface area contributed by atoms with Gasteiger partial charge in [0.1, 0.15) is 4.32 Å². The summed E-state index contributed by atoms with van der Waals surface area (Å²) in [4.78, 5) is 26.7. The van der Waals surface area contributed by atoms with Crippen molar-refractivity contribution in [3.8, 4) is 11.1 Å². The molecule has 1 atom stereocenters. The molecule has 1 N–H and O–H groups in total. The Labute approximate surface area is 206 Å². The van der Waals surface area contributed by atoms with Crippen LogP contribution in [0.5, 0.6) is 0 Å². The predicted molar refractivity (Wildman–Crippen MR) is 140 cm³/mol. The van der Waals surface area contributed by atoms with Gasteiger partial charge in [-0.3, -0.25) is 14.5 Å². The second-order valence-electron chi connectivity index (χ2n) is 9.50. The first-order valence-corrected chi connectivity index (χ1v) is 13.2. The molecule has 1 aliphatic heterocycles. The van der Waals surface area contributed by atoms with E-state index in [4.69, 9.17) is 12.2 Å². The van der Waals surface area contributed by atoms with Crippen molar-refractivity contribution in [2.75, 3.05) is 6.54 Å². The zero-order chi connectivity index (χ0) is 23.4. The number of amides is 2. The molecule has 0 radical (unpaired) electrons. The van der Waals surface area contributed by atoms with Crippen LogP contribution in [0.25, 0.3) is 11.1 Å². The Kier molecular flexibility index (Phi) is 7.86. The molecule has 4 nitrogen and oxygen atoms in total. The molecule has 0 bridgehead atoms. The molecule has 2 aromatic carbocycles. The maximum atomic E-state index is 12.6. The van der Waals surface area contributed by atoms with Crippen LogP contribution in [0, 0.1) is 5.92 Å². The summed E-state index contributed by atoms with van der Waals surface area (Å²) in [5, 5.41) is 2.54. The van der Waals surface area contributed by atoms with Crippen molar-refractivity contribution in [2.24, 2.45) is 5.92 Å². The molecule has 2 fully saturated rings. The third-order valence-electron chi connectivity index (χ3n) is 6.44. The summed E-state index contributed by atoms with van der Waals surface area (Å²) in [5.41, 5.74) is 4.89. The molecule has 6 heteroatoms. The second kappa shape index (κ2) is 10.8. The van der Waals surface area contributed by atoms with Gasteiger partial charge in [-0.25, -0.2) is 0 Å². The molecular formula is C27H32N2O2S2. The average Bonchev–Trinajstić information content (AvgIpc) is 3.43. The third kappa shape index (κ3) is 6.04. The molecule has 1 saturated carbocycles. The number of thiocarbonyl (C=S) groups is 1. The molecule has 2 aromatic rings. The van der Waals surface area contributed by atoms with E-state index >= 15 is 0 Å². The van der Waals surface area contributed by atoms with E-state index in [9.17, 15) is 9.59 Å². The van der Waals surface area contributed by atoms with Gasteiger partial charge in [-0.1, -0.05) is 99.2 Å². The number of rotatable bonds is 8. The first kappa shape index (κ1) is 24.0. The number of carbonyl (C=O) groups excluding carboxylic acids is 2. The van der Waals surface area contributed by atoms with Gasteiger partial charge in [-0.15, -0.1) is 0 Å². The van der Waals surface area contributed by atoms with E-state index in [-0.39, 0.29) is 18.2 Å². The van der Waals surface area contributed by atoms with E-state index in [1.54, 1.807) is 4.90 Å². The Morgan fingerprint density at radius 1 is 1.06 bits per heavy atom. The highest BCUT2D eigenvalue weighted by Crippen LogP contribution is 2.35. The molecule has 1 heterocycles. The monoisotopic (exact) mass is 480 g/mol. The molecule has 0 spiro atoms. The van der Waals surface area contributed by atoms with Crippen molar-refractivity contribution in [2.45, 2.75) is 63.7 Å². The summed E-state index contributed by atoms with van der Waals surface area (Å²) in [5.74, 6) is 0.906. The molecule has 174 valence electrons. The van der Waals surface area contributed by atoms with Crippen molar-refractivity contribution in [3.63, 3.8) is 0 Å². The molecular weight excluding hydrogens is 448 g/mol. The lowest BCUT2D eigenvalue weighted by Gasteiger charge is -2.17. The Morgan fingerprint density at radius 2 is 1.67 bits per heavy atom. The number of nitrogens with one attached hydrogen (secondary N) is 1. The summed E-state index contributed by atoms with van der Waals surface area (Å²) < 4.78 is 0.582. The Hall–Kier alpha value is -2.18. The molecule has 1 saturated heterocycles. The number of benzene rings is 2. The highest BCUT2D eigenvalue weighted by atomic mass is 32.2. The van der Waals surface area contributed by atoms with Crippen LogP contribution in [0.1, 0.15) is 63.0 Å². The van der Waals surface area contributed by atoms with Crippen molar-refractivity contribution >= 4 is 40.1 Å². The maximum absolute atomic E-state index is 12.6. The molecule has 0 aromatic heterocycles. The lowest BCUT2D eigenvalue weighted by atomic mass is 9.95. The quantitative estimate of drug-likeness (QED) is 0.478. The molecule has 4 rings (SSSR count). The standard InChI is InChI=1S/C27H32N2O2S2/c1-18(2)17-29-26(31)24(33-27(29)32)15-25(30)28-16-19-7-9-21(10-8-19)23-13-11-22(12-14-23)20-5-3-4-6-20/h7-14,18,20,24H,3-6,15-17H2,1-2H3,(H,28,30). The van der Waals surface area contributed by atoms with Gasteiger partial charge in [-0.2, -0.15) is 0 Å². The van der Waals surface area contributed by atoms with Crippen LogP contribution < -0.4 is 5.32 Å². The fourth-order valence-electron chi connectivity index (χ4n) is 4.62. The van der Waals surface area contributed by atoms with Gasteiger partial charge in [0, 0.05) is 19.5 Å². The van der Waals surface area contributed by atoms with Crippen LogP contribution >= 0.6 is 24.0 Å². The van der Waals surface area contributed by atoms with Gasteiger partial charge < -0.3 is 5.32 Å². The fraction of sp³-hybridized carbons (Fsp3) is 0.444. The first-order chi connectivity index (χ1) is 15.9. The smallest absolute Gasteiger partial charge is 0.242 e. The zero-order valence-corrected chi connectivity index (χ0v) is 21.0. The van der Waals surface area contributed by atoms with E-state index in [1.165, 1.54) is 54.1 Å². The number of nitrogens with zero attached hydrogens (tertiary/aromatic N) is 1.